The molecule has 0 saturated carbocycles. The van der Waals surface area contributed by atoms with Crippen molar-refractivity contribution in [2.24, 2.45) is 0 Å². The van der Waals surface area contributed by atoms with Gasteiger partial charge in [0.2, 0.25) is 0 Å². The van der Waals surface area contributed by atoms with E-state index in [1.807, 2.05) is 0 Å². The Hall–Kier alpha value is -7.16. The average molecular weight is 689 g/mol. The summed E-state index contributed by atoms with van der Waals surface area (Å²) in [5.41, 5.74) is 13.9. The predicted octanol–water partition coefficient (Wildman–Crippen LogP) is 14.4. The first-order chi connectivity index (χ1) is 26.8. The standard InChI is InChI=1S/C52H36N2/c1-5-15-37(16-6-1)39-25-29-44(30-26-39)53(49-33-28-42(38-17-7-2-8-18-38)35-48(49)40-19-9-3-10-20-40)45-31-32-47-51(36-45)54(43-22-11-4-12-23-43)50-34-27-41-21-13-14-24-46(41)52(47)50/h1-36H. The van der Waals surface area contributed by atoms with Gasteiger partial charge in [-0.1, -0.05) is 164 Å². The number of anilines is 3. The highest BCUT2D eigenvalue weighted by Crippen LogP contribution is 2.45. The van der Waals surface area contributed by atoms with Crippen LogP contribution < -0.4 is 4.90 Å². The third-order valence-electron chi connectivity index (χ3n) is 10.6. The fourth-order valence-electron chi connectivity index (χ4n) is 8.02. The molecule has 1 heterocycles. The van der Waals surface area contributed by atoms with Crippen molar-refractivity contribution in [3.8, 4) is 39.1 Å². The zero-order valence-corrected chi connectivity index (χ0v) is 29.7. The minimum atomic E-state index is 1.09. The molecule has 0 radical (unpaired) electrons. The summed E-state index contributed by atoms with van der Waals surface area (Å²) >= 11 is 0. The summed E-state index contributed by atoms with van der Waals surface area (Å²) in [6.07, 6.45) is 0. The van der Waals surface area contributed by atoms with E-state index in [-0.39, 0.29) is 0 Å². The molecule has 0 saturated heterocycles. The Morgan fingerprint density at radius 1 is 0.333 bits per heavy atom. The lowest BCUT2D eigenvalue weighted by molar-refractivity contribution is 1.18. The smallest absolute Gasteiger partial charge is 0.0562 e. The summed E-state index contributed by atoms with van der Waals surface area (Å²) < 4.78 is 2.42. The van der Waals surface area contributed by atoms with Crippen LogP contribution in [0, 0.1) is 0 Å². The summed E-state index contributed by atoms with van der Waals surface area (Å²) in [5, 5.41) is 5.01. The van der Waals surface area contributed by atoms with Crippen molar-refractivity contribution in [3.63, 3.8) is 0 Å². The third kappa shape index (κ3) is 5.53. The van der Waals surface area contributed by atoms with E-state index in [1.165, 1.54) is 60.4 Å². The minimum absolute atomic E-state index is 1.09. The Kier molecular flexibility index (Phi) is 7.85. The molecule has 2 nitrogen and oxygen atoms in total. The second kappa shape index (κ2) is 13.4. The van der Waals surface area contributed by atoms with E-state index in [2.05, 4.69) is 228 Å². The number of benzene rings is 9. The number of rotatable bonds is 7. The zero-order chi connectivity index (χ0) is 35.8. The fraction of sp³-hybridized carbons (Fsp3) is 0. The molecule has 0 amide bonds. The van der Waals surface area contributed by atoms with E-state index in [4.69, 9.17) is 0 Å². The van der Waals surface area contributed by atoms with Gasteiger partial charge in [-0.25, -0.2) is 0 Å². The first kappa shape index (κ1) is 31.6. The van der Waals surface area contributed by atoms with Crippen LogP contribution in [0.25, 0.3) is 71.6 Å². The third-order valence-corrected chi connectivity index (χ3v) is 10.6. The van der Waals surface area contributed by atoms with Crippen LogP contribution in [0.15, 0.2) is 218 Å². The highest BCUT2D eigenvalue weighted by atomic mass is 15.1. The van der Waals surface area contributed by atoms with Crippen LogP contribution in [0.1, 0.15) is 0 Å². The molecule has 254 valence electrons. The van der Waals surface area contributed by atoms with Crippen LogP contribution in [0.5, 0.6) is 0 Å². The van der Waals surface area contributed by atoms with E-state index >= 15 is 0 Å². The van der Waals surface area contributed by atoms with Gasteiger partial charge in [-0.2, -0.15) is 0 Å². The normalized spacial score (nSPS) is 11.3. The predicted molar refractivity (Wildman–Crippen MR) is 229 cm³/mol. The topological polar surface area (TPSA) is 8.17 Å². The maximum Gasteiger partial charge on any atom is 0.0562 e. The molecule has 0 unspecified atom stereocenters. The van der Waals surface area contributed by atoms with E-state index < -0.39 is 0 Å². The maximum atomic E-state index is 2.43. The Bertz CT molecular complexity index is 2890. The average Bonchev–Trinajstić information content (AvgIpc) is 3.59. The first-order valence-corrected chi connectivity index (χ1v) is 18.5. The number of hydrogen-bond donors (Lipinski definition) is 0. The maximum absolute atomic E-state index is 2.43. The SMILES string of the molecule is c1ccc(-c2ccc(N(c3ccc4c5c6ccccc6ccc5n(-c5ccccc5)c4c3)c3ccc(-c4ccccc4)cc3-c3ccccc3)cc2)cc1. The van der Waals surface area contributed by atoms with E-state index in [0.29, 0.717) is 0 Å². The molecule has 0 fully saturated rings. The van der Waals surface area contributed by atoms with Crippen molar-refractivity contribution in [2.75, 3.05) is 4.90 Å². The molecule has 10 aromatic rings. The van der Waals surface area contributed by atoms with Crippen LogP contribution >= 0.6 is 0 Å². The van der Waals surface area contributed by atoms with Crippen molar-refractivity contribution in [3.05, 3.63) is 218 Å². The second-order valence-electron chi connectivity index (χ2n) is 13.8. The molecule has 0 N–H and O–H groups in total. The molecule has 2 heteroatoms. The van der Waals surface area contributed by atoms with Crippen LogP contribution in [-0.4, -0.2) is 4.57 Å². The van der Waals surface area contributed by atoms with Crippen LogP contribution in [0.3, 0.4) is 0 Å². The number of para-hydroxylation sites is 1. The van der Waals surface area contributed by atoms with Crippen LogP contribution in [0.2, 0.25) is 0 Å². The van der Waals surface area contributed by atoms with Crippen molar-refractivity contribution in [1.29, 1.82) is 0 Å². The lowest BCUT2D eigenvalue weighted by Gasteiger charge is -2.29. The van der Waals surface area contributed by atoms with E-state index in [9.17, 15) is 0 Å². The summed E-state index contributed by atoms with van der Waals surface area (Å²) in [6, 6.07) is 78.9. The molecular weight excluding hydrogens is 653 g/mol. The van der Waals surface area contributed by atoms with Crippen molar-refractivity contribution in [1.82, 2.24) is 4.57 Å². The Labute approximate surface area is 315 Å². The van der Waals surface area contributed by atoms with Gasteiger partial charge in [0.1, 0.15) is 0 Å². The molecule has 9 aromatic carbocycles. The van der Waals surface area contributed by atoms with Crippen LogP contribution in [-0.2, 0) is 0 Å². The second-order valence-corrected chi connectivity index (χ2v) is 13.8. The van der Waals surface area contributed by atoms with Crippen molar-refractivity contribution < 1.29 is 0 Å². The lowest BCUT2D eigenvalue weighted by atomic mass is 9.96. The molecule has 1 aromatic heterocycles. The number of nitrogens with zero attached hydrogens (tertiary/aromatic N) is 2. The Balaban J connectivity index is 1.25. The Morgan fingerprint density at radius 3 is 1.59 bits per heavy atom. The van der Waals surface area contributed by atoms with Crippen LogP contribution in [0.4, 0.5) is 17.1 Å². The number of fused-ring (bicyclic) bond motifs is 5. The van der Waals surface area contributed by atoms with Gasteiger partial charge in [-0.3, -0.25) is 0 Å². The molecule has 54 heavy (non-hydrogen) atoms. The largest absolute Gasteiger partial charge is 0.310 e. The highest BCUT2D eigenvalue weighted by Gasteiger charge is 2.21. The van der Waals surface area contributed by atoms with Gasteiger partial charge in [-0.15, -0.1) is 0 Å². The van der Waals surface area contributed by atoms with Gasteiger partial charge >= 0.3 is 0 Å². The summed E-state index contributed by atoms with van der Waals surface area (Å²) in [5.74, 6) is 0. The summed E-state index contributed by atoms with van der Waals surface area (Å²) in [6.45, 7) is 0. The zero-order valence-electron chi connectivity index (χ0n) is 29.7. The number of aromatic nitrogens is 1. The molecule has 0 aliphatic heterocycles. The molecule has 0 aliphatic rings. The molecule has 0 aliphatic carbocycles. The monoisotopic (exact) mass is 688 g/mol. The van der Waals surface area contributed by atoms with Gasteiger partial charge in [0.15, 0.2) is 0 Å². The summed E-state index contributed by atoms with van der Waals surface area (Å²) in [7, 11) is 0. The molecular formula is C52H36N2. The van der Waals surface area contributed by atoms with Crippen molar-refractivity contribution >= 4 is 49.6 Å². The fourth-order valence-corrected chi connectivity index (χ4v) is 8.02. The van der Waals surface area contributed by atoms with Gasteiger partial charge < -0.3 is 9.47 Å². The first-order valence-electron chi connectivity index (χ1n) is 18.5. The van der Waals surface area contributed by atoms with E-state index in [1.54, 1.807) is 0 Å². The van der Waals surface area contributed by atoms with Gasteiger partial charge in [-0.05, 0) is 93.2 Å². The van der Waals surface area contributed by atoms with E-state index in [0.717, 1.165) is 28.3 Å². The van der Waals surface area contributed by atoms with Crippen molar-refractivity contribution in [2.45, 2.75) is 0 Å². The van der Waals surface area contributed by atoms with Gasteiger partial charge in [0.25, 0.3) is 0 Å². The van der Waals surface area contributed by atoms with Gasteiger partial charge in [0, 0.05) is 33.4 Å². The number of hydrogen-bond acceptors (Lipinski definition) is 1. The minimum Gasteiger partial charge on any atom is -0.310 e. The lowest BCUT2D eigenvalue weighted by Crippen LogP contribution is -2.11. The molecule has 0 atom stereocenters. The Morgan fingerprint density at radius 2 is 0.889 bits per heavy atom. The molecule has 0 bridgehead atoms. The highest BCUT2D eigenvalue weighted by molar-refractivity contribution is 6.21. The quantitative estimate of drug-likeness (QED) is 0.162. The molecule has 10 rings (SSSR count). The summed E-state index contributed by atoms with van der Waals surface area (Å²) in [4.78, 5) is 2.43. The molecule has 0 spiro atoms. The van der Waals surface area contributed by atoms with Gasteiger partial charge in [0.05, 0.1) is 16.7 Å².